The molecule has 2 amide bonds. The van der Waals surface area contributed by atoms with Crippen LogP contribution in [0.3, 0.4) is 0 Å². The number of hydrogen-bond acceptors (Lipinski definition) is 3. The minimum atomic E-state index is -0.609. The van der Waals surface area contributed by atoms with E-state index in [0.29, 0.717) is 17.0 Å². The van der Waals surface area contributed by atoms with Crippen molar-refractivity contribution >= 4 is 23.4 Å². The number of nitrogens with one attached hydrogen (secondary N) is 2. The van der Waals surface area contributed by atoms with E-state index < -0.39 is 6.04 Å². The summed E-state index contributed by atoms with van der Waals surface area (Å²) in [5.41, 5.74) is 0.471. The van der Waals surface area contributed by atoms with Crippen LogP contribution in [-0.2, 0) is 11.2 Å². The van der Waals surface area contributed by atoms with Gasteiger partial charge < -0.3 is 15.1 Å². The summed E-state index contributed by atoms with van der Waals surface area (Å²) in [7, 11) is 0. The Hall–Kier alpha value is -2.27. The SMILES string of the molecule is CCC(C)C(NC(=O)c1ccc(Cl)cc1)C(=O)NC(C)Cc1ccco1. The van der Waals surface area contributed by atoms with Crippen LogP contribution < -0.4 is 10.6 Å². The second-order valence-corrected chi connectivity index (χ2v) is 6.97. The van der Waals surface area contributed by atoms with Crippen LogP contribution in [0.2, 0.25) is 5.02 Å². The van der Waals surface area contributed by atoms with Gasteiger partial charge in [0.15, 0.2) is 0 Å². The van der Waals surface area contributed by atoms with Crippen molar-refractivity contribution in [2.24, 2.45) is 5.92 Å². The van der Waals surface area contributed by atoms with E-state index >= 15 is 0 Å². The molecule has 0 fully saturated rings. The summed E-state index contributed by atoms with van der Waals surface area (Å²) in [5, 5.41) is 6.37. The fourth-order valence-corrected chi connectivity index (χ4v) is 2.77. The molecule has 3 atom stereocenters. The summed E-state index contributed by atoms with van der Waals surface area (Å²) < 4.78 is 5.32. The zero-order valence-electron chi connectivity index (χ0n) is 15.3. The molecule has 2 aromatic rings. The van der Waals surface area contributed by atoms with E-state index in [-0.39, 0.29) is 23.8 Å². The van der Waals surface area contributed by atoms with Crippen LogP contribution in [0, 0.1) is 5.92 Å². The molecule has 6 heteroatoms. The molecule has 0 spiro atoms. The molecule has 0 saturated heterocycles. The second-order valence-electron chi connectivity index (χ2n) is 6.54. The molecule has 26 heavy (non-hydrogen) atoms. The van der Waals surface area contributed by atoms with Gasteiger partial charge in [0.05, 0.1) is 6.26 Å². The molecule has 1 aromatic carbocycles. The Bertz CT molecular complexity index is 713. The molecule has 1 aromatic heterocycles. The Morgan fingerprint density at radius 1 is 1.12 bits per heavy atom. The lowest BCUT2D eigenvalue weighted by molar-refractivity contribution is -0.124. The van der Waals surface area contributed by atoms with Crippen molar-refractivity contribution in [3.63, 3.8) is 0 Å². The summed E-state index contributed by atoms with van der Waals surface area (Å²) in [6, 6.07) is 9.57. The van der Waals surface area contributed by atoms with Crippen LogP contribution in [0.5, 0.6) is 0 Å². The van der Waals surface area contributed by atoms with Gasteiger partial charge in [0.1, 0.15) is 11.8 Å². The minimum Gasteiger partial charge on any atom is -0.469 e. The van der Waals surface area contributed by atoms with E-state index in [2.05, 4.69) is 10.6 Å². The number of benzene rings is 1. The molecular weight excluding hydrogens is 352 g/mol. The van der Waals surface area contributed by atoms with Gasteiger partial charge in [0, 0.05) is 23.0 Å². The highest BCUT2D eigenvalue weighted by Crippen LogP contribution is 2.13. The van der Waals surface area contributed by atoms with Gasteiger partial charge in [-0.2, -0.15) is 0 Å². The smallest absolute Gasteiger partial charge is 0.251 e. The third kappa shape index (κ3) is 5.63. The van der Waals surface area contributed by atoms with E-state index in [0.717, 1.165) is 12.2 Å². The third-order valence-electron chi connectivity index (χ3n) is 4.36. The predicted octanol–water partition coefficient (Wildman–Crippen LogP) is 3.82. The van der Waals surface area contributed by atoms with Gasteiger partial charge in [-0.1, -0.05) is 31.9 Å². The number of rotatable bonds is 8. The number of halogens is 1. The number of hydrogen-bond donors (Lipinski definition) is 2. The first-order valence-electron chi connectivity index (χ1n) is 8.79. The topological polar surface area (TPSA) is 71.3 Å². The molecule has 1 heterocycles. The summed E-state index contributed by atoms with van der Waals surface area (Å²) in [6.07, 6.45) is 2.97. The van der Waals surface area contributed by atoms with Gasteiger partial charge in [0.25, 0.3) is 5.91 Å². The Labute approximate surface area is 159 Å². The van der Waals surface area contributed by atoms with Crippen molar-refractivity contribution in [1.82, 2.24) is 10.6 Å². The molecule has 0 radical (unpaired) electrons. The Kier molecular flexibility index (Phi) is 7.27. The molecular formula is C20H25ClN2O3. The maximum Gasteiger partial charge on any atom is 0.251 e. The molecule has 0 saturated carbocycles. The molecule has 0 aliphatic carbocycles. The highest BCUT2D eigenvalue weighted by atomic mass is 35.5. The van der Waals surface area contributed by atoms with E-state index in [4.69, 9.17) is 16.0 Å². The Morgan fingerprint density at radius 3 is 2.38 bits per heavy atom. The lowest BCUT2D eigenvalue weighted by Gasteiger charge is -2.25. The molecule has 2 rings (SSSR count). The lowest BCUT2D eigenvalue weighted by Crippen LogP contribution is -2.52. The van der Waals surface area contributed by atoms with Gasteiger partial charge >= 0.3 is 0 Å². The van der Waals surface area contributed by atoms with Gasteiger partial charge in [0.2, 0.25) is 5.91 Å². The zero-order valence-corrected chi connectivity index (χ0v) is 16.0. The molecule has 0 aliphatic heterocycles. The van der Waals surface area contributed by atoms with Crippen molar-refractivity contribution in [2.45, 2.75) is 45.7 Å². The van der Waals surface area contributed by atoms with Gasteiger partial charge in [-0.25, -0.2) is 0 Å². The number of carbonyl (C=O) groups excluding carboxylic acids is 2. The maximum atomic E-state index is 12.7. The van der Waals surface area contributed by atoms with E-state index in [1.165, 1.54) is 0 Å². The van der Waals surface area contributed by atoms with Crippen LogP contribution in [0.25, 0.3) is 0 Å². The summed E-state index contributed by atoms with van der Waals surface area (Å²) in [4.78, 5) is 25.2. The summed E-state index contributed by atoms with van der Waals surface area (Å²) in [6.45, 7) is 5.85. The molecule has 2 N–H and O–H groups in total. The number of carbonyl (C=O) groups is 2. The maximum absolute atomic E-state index is 12.7. The van der Waals surface area contributed by atoms with Gasteiger partial charge in [-0.05, 0) is 49.2 Å². The van der Waals surface area contributed by atoms with Crippen molar-refractivity contribution < 1.29 is 14.0 Å². The van der Waals surface area contributed by atoms with Crippen molar-refractivity contribution in [2.75, 3.05) is 0 Å². The van der Waals surface area contributed by atoms with Gasteiger partial charge in [-0.15, -0.1) is 0 Å². The van der Waals surface area contributed by atoms with Crippen molar-refractivity contribution in [3.05, 3.63) is 59.0 Å². The molecule has 140 valence electrons. The van der Waals surface area contributed by atoms with Crippen LogP contribution >= 0.6 is 11.6 Å². The first kappa shape index (κ1) is 20.0. The first-order valence-corrected chi connectivity index (χ1v) is 9.17. The quantitative estimate of drug-likeness (QED) is 0.735. The van der Waals surface area contributed by atoms with E-state index in [1.807, 2.05) is 32.9 Å². The van der Waals surface area contributed by atoms with Crippen molar-refractivity contribution in [3.8, 4) is 0 Å². The van der Waals surface area contributed by atoms with Crippen LogP contribution in [0.15, 0.2) is 47.1 Å². The molecule has 3 unspecified atom stereocenters. The molecule has 5 nitrogen and oxygen atoms in total. The van der Waals surface area contributed by atoms with Crippen molar-refractivity contribution in [1.29, 1.82) is 0 Å². The average Bonchev–Trinajstić information content (AvgIpc) is 3.12. The fourth-order valence-electron chi connectivity index (χ4n) is 2.64. The number of furan rings is 1. The summed E-state index contributed by atoms with van der Waals surface area (Å²) >= 11 is 5.86. The number of amides is 2. The average molecular weight is 377 g/mol. The Morgan fingerprint density at radius 2 is 1.81 bits per heavy atom. The largest absolute Gasteiger partial charge is 0.469 e. The lowest BCUT2D eigenvalue weighted by atomic mass is 9.97. The predicted molar refractivity (Wildman–Crippen MR) is 102 cm³/mol. The first-order chi connectivity index (χ1) is 12.4. The highest BCUT2D eigenvalue weighted by molar-refractivity contribution is 6.30. The third-order valence-corrected chi connectivity index (χ3v) is 4.62. The standard InChI is InChI=1S/C20H25ClN2O3/c1-4-13(2)18(23-19(24)15-7-9-16(21)10-8-15)20(25)22-14(3)12-17-6-5-11-26-17/h5-11,13-14,18H,4,12H2,1-3H3,(H,22,25)(H,23,24). The normalized spacial score (nSPS) is 14.3. The summed E-state index contributed by atoms with van der Waals surface area (Å²) in [5.74, 6) is 0.326. The molecule has 0 bridgehead atoms. The van der Waals surface area contributed by atoms with Crippen LogP contribution in [0.1, 0.15) is 43.3 Å². The second kappa shape index (κ2) is 9.43. The Balaban J connectivity index is 2.02. The highest BCUT2D eigenvalue weighted by Gasteiger charge is 2.27. The monoisotopic (exact) mass is 376 g/mol. The van der Waals surface area contributed by atoms with Gasteiger partial charge in [-0.3, -0.25) is 9.59 Å². The van der Waals surface area contributed by atoms with E-state index in [9.17, 15) is 9.59 Å². The zero-order chi connectivity index (χ0) is 19.1. The fraction of sp³-hybridized carbons (Fsp3) is 0.400. The molecule has 0 aliphatic rings. The minimum absolute atomic E-state index is 0.00191. The van der Waals surface area contributed by atoms with Crippen LogP contribution in [-0.4, -0.2) is 23.9 Å². The van der Waals surface area contributed by atoms with Crippen LogP contribution in [0.4, 0.5) is 0 Å². The van der Waals surface area contributed by atoms with E-state index in [1.54, 1.807) is 30.5 Å².